The van der Waals surface area contributed by atoms with Gasteiger partial charge in [-0.25, -0.2) is 4.98 Å². The molecule has 0 spiro atoms. The molecule has 17 heavy (non-hydrogen) atoms. The van der Waals surface area contributed by atoms with Gasteiger partial charge in [-0.1, -0.05) is 12.1 Å². The smallest absolute Gasteiger partial charge is 0.269 e. The molecule has 1 aromatic carbocycles. The Morgan fingerprint density at radius 2 is 2.29 bits per heavy atom. The molecular formula is C10H11N5O2. The van der Waals surface area contributed by atoms with E-state index >= 15 is 0 Å². The molecule has 1 aromatic heterocycles. The fourth-order valence-electron chi connectivity index (χ4n) is 1.42. The first-order valence-corrected chi connectivity index (χ1v) is 5.04. The van der Waals surface area contributed by atoms with Crippen LogP contribution >= 0.6 is 0 Å². The summed E-state index contributed by atoms with van der Waals surface area (Å²) in [6.07, 6.45) is 1.43. The van der Waals surface area contributed by atoms with Crippen LogP contribution in [0.3, 0.4) is 0 Å². The highest BCUT2D eigenvalue weighted by Gasteiger charge is 2.05. The Kier molecular flexibility index (Phi) is 3.41. The number of aromatic amines is 1. The standard InChI is InChI=1S/C10H11N5O2/c16-15(17)9-3-1-2-8(4-9)5-11-6-10-12-7-13-14-10/h1-4,7,11H,5-6H2,(H,12,13,14). The number of hydrogen-bond acceptors (Lipinski definition) is 5. The van der Waals surface area contributed by atoms with Crippen molar-refractivity contribution in [2.45, 2.75) is 13.1 Å². The zero-order valence-electron chi connectivity index (χ0n) is 8.96. The van der Waals surface area contributed by atoms with E-state index in [1.165, 1.54) is 12.4 Å². The fourth-order valence-corrected chi connectivity index (χ4v) is 1.42. The number of nitro benzene ring substituents is 1. The van der Waals surface area contributed by atoms with Gasteiger partial charge in [0.2, 0.25) is 0 Å². The van der Waals surface area contributed by atoms with Crippen molar-refractivity contribution >= 4 is 5.69 Å². The van der Waals surface area contributed by atoms with Crippen molar-refractivity contribution in [2.24, 2.45) is 0 Å². The highest BCUT2D eigenvalue weighted by molar-refractivity contribution is 5.34. The third-order valence-corrected chi connectivity index (χ3v) is 2.21. The number of H-pyrrole nitrogens is 1. The average Bonchev–Trinajstić information content (AvgIpc) is 2.82. The molecule has 2 aromatic rings. The Morgan fingerprint density at radius 3 is 3.00 bits per heavy atom. The summed E-state index contributed by atoms with van der Waals surface area (Å²) in [7, 11) is 0. The van der Waals surface area contributed by atoms with Gasteiger partial charge >= 0.3 is 0 Å². The second-order valence-electron chi connectivity index (χ2n) is 3.46. The maximum absolute atomic E-state index is 10.6. The number of hydrogen-bond donors (Lipinski definition) is 2. The van der Waals surface area contributed by atoms with E-state index in [0.717, 1.165) is 11.4 Å². The van der Waals surface area contributed by atoms with Crippen LogP contribution in [0.15, 0.2) is 30.6 Å². The number of nitro groups is 1. The maximum Gasteiger partial charge on any atom is 0.269 e. The van der Waals surface area contributed by atoms with E-state index in [0.29, 0.717) is 13.1 Å². The molecule has 0 fully saturated rings. The summed E-state index contributed by atoms with van der Waals surface area (Å²) in [5.74, 6) is 0.732. The second-order valence-corrected chi connectivity index (χ2v) is 3.46. The van der Waals surface area contributed by atoms with E-state index in [9.17, 15) is 10.1 Å². The molecule has 7 nitrogen and oxygen atoms in total. The van der Waals surface area contributed by atoms with Crippen LogP contribution in [-0.4, -0.2) is 20.1 Å². The molecule has 88 valence electrons. The van der Waals surface area contributed by atoms with Crippen LogP contribution in [0.4, 0.5) is 5.69 Å². The largest absolute Gasteiger partial charge is 0.306 e. The summed E-state index contributed by atoms with van der Waals surface area (Å²) in [6.45, 7) is 1.09. The van der Waals surface area contributed by atoms with Crippen LogP contribution < -0.4 is 5.32 Å². The Morgan fingerprint density at radius 1 is 1.41 bits per heavy atom. The first-order valence-electron chi connectivity index (χ1n) is 5.04. The van der Waals surface area contributed by atoms with Gasteiger partial charge in [0.05, 0.1) is 11.5 Å². The van der Waals surface area contributed by atoms with Gasteiger partial charge in [0.1, 0.15) is 12.2 Å². The molecule has 0 unspecified atom stereocenters. The van der Waals surface area contributed by atoms with Crippen molar-refractivity contribution in [2.75, 3.05) is 0 Å². The number of non-ortho nitro benzene ring substituents is 1. The van der Waals surface area contributed by atoms with E-state index in [1.54, 1.807) is 12.1 Å². The fraction of sp³-hybridized carbons (Fsp3) is 0.200. The SMILES string of the molecule is O=[N+]([O-])c1cccc(CNCc2ncn[nH]2)c1. The topological polar surface area (TPSA) is 96.7 Å². The molecule has 0 aliphatic carbocycles. The first-order chi connectivity index (χ1) is 8.25. The molecular weight excluding hydrogens is 222 g/mol. The maximum atomic E-state index is 10.6. The van der Waals surface area contributed by atoms with Gasteiger partial charge in [0.25, 0.3) is 5.69 Å². The molecule has 2 N–H and O–H groups in total. The van der Waals surface area contributed by atoms with Crippen molar-refractivity contribution in [3.8, 4) is 0 Å². The summed E-state index contributed by atoms with van der Waals surface area (Å²) < 4.78 is 0. The molecule has 0 aliphatic rings. The summed E-state index contributed by atoms with van der Waals surface area (Å²) in [6, 6.07) is 6.53. The number of aromatic nitrogens is 3. The average molecular weight is 233 g/mol. The predicted octanol–water partition coefficient (Wildman–Crippen LogP) is 1.00. The number of nitrogens with zero attached hydrogens (tertiary/aromatic N) is 3. The number of rotatable bonds is 5. The molecule has 0 atom stereocenters. The molecule has 1 heterocycles. The van der Waals surface area contributed by atoms with Crippen LogP contribution in [0.1, 0.15) is 11.4 Å². The molecule has 0 radical (unpaired) electrons. The van der Waals surface area contributed by atoms with Crippen LogP contribution in [0.2, 0.25) is 0 Å². The second kappa shape index (κ2) is 5.17. The van der Waals surface area contributed by atoms with Crippen molar-refractivity contribution in [1.82, 2.24) is 20.5 Å². The number of benzene rings is 1. The Bertz CT molecular complexity index is 497. The van der Waals surface area contributed by atoms with Gasteiger partial charge in [-0.05, 0) is 5.56 Å². The summed E-state index contributed by atoms with van der Waals surface area (Å²) in [5, 5.41) is 20.1. The molecule has 0 saturated heterocycles. The quantitative estimate of drug-likeness (QED) is 0.593. The first kappa shape index (κ1) is 11.2. The summed E-state index contributed by atoms with van der Waals surface area (Å²) in [5.41, 5.74) is 0.961. The lowest BCUT2D eigenvalue weighted by Crippen LogP contribution is -2.13. The van der Waals surface area contributed by atoms with Crippen molar-refractivity contribution in [1.29, 1.82) is 0 Å². The van der Waals surface area contributed by atoms with E-state index in [4.69, 9.17) is 0 Å². The zero-order chi connectivity index (χ0) is 12.1. The molecule has 0 bridgehead atoms. The lowest BCUT2D eigenvalue weighted by Gasteiger charge is -2.02. The van der Waals surface area contributed by atoms with Crippen molar-refractivity contribution in [3.63, 3.8) is 0 Å². The molecule has 0 saturated carbocycles. The highest BCUT2D eigenvalue weighted by atomic mass is 16.6. The number of nitrogens with one attached hydrogen (secondary N) is 2. The van der Waals surface area contributed by atoms with Gasteiger partial charge in [-0.3, -0.25) is 15.2 Å². The molecule has 0 amide bonds. The van der Waals surface area contributed by atoms with Crippen molar-refractivity contribution < 1.29 is 4.92 Å². The Balaban J connectivity index is 1.90. The zero-order valence-corrected chi connectivity index (χ0v) is 8.96. The summed E-state index contributed by atoms with van der Waals surface area (Å²) >= 11 is 0. The van der Waals surface area contributed by atoms with Gasteiger partial charge in [-0.15, -0.1) is 0 Å². The van der Waals surface area contributed by atoms with Crippen molar-refractivity contribution in [3.05, 3.63) is 52.1 Å². The van der Waals surface area contributed by atoms with Gasteiger partial charge in [0.15, 0.2) is 0 Å². The molecule has 2 rings (SSSR count). The minimum Gasteiger partial charge on any atom is -0.306 e. The Hall–Kier alpha value is -2.28. The third kappa shape index (κ3) is 3.08. The van der Waals surface area contributed by atoms with Crippen LogP contribution in [-0.2, 0) is 13.1 Å². The van der Waals surface area contributed by atoms with E-state index in [2.05, 4.69) is 20.5 Å². The minimum absolute atomic E-state index is 0.101. The lowest BCUT2D eigenvalue weighted by atomic mass is 10.2. The van der Waals surface area contributed by atoms with E-state index in [-0.39, 0.29) is 5.69 Å². The van der Waals surface area contributed by atoms with Gasteiger partial charge in [0, 0.05) is 18.7 Å². The lowest BCUT2D eigenvalue weighted by molar-refractivity contribution is -0.384. The van der Waals surface area contributed by atoms with Crippen LogP contribution in [0, 0.1) is 10.1 Å². The van der Waals surface area contributed by atoms with Crippen LogP contribution in [0.5, 0.6) is 0 Å². The monoisotopic (exact) mass is 233 g/mol. The normalized spacial score (nSPS) is 10.4. The van der Waals surface area contributed by atoms with Crippen LogP contribution in [0.25, 0.3) is 0 Å². The Labute approximate surface area is 97.0 Å². The highest BCUT2D eigenvalue weighted by Crippen LogP contribution is 2.12. The van der Waals surface area contributed by atoms with Gasteiger partial charge in [-0.2, -0.15) is 5.10 Å². The van der Waals surface area contributed by atoms with E-state index in [1.807, 2.05) is 6.07 Å². The molecule has 7 heteroatoms. The van der Waals surface area contributed by atoms with E-state index < -0.39 is 4.92 Å². The molecule has 0 aliphatic heterocycles. The predicted molar refractivity (Wildman–Crippen MR) is 60.0 cm³/mol. The third-order valence-electron chi connectivity index (χ3n) is 2.21. The minimum atomic E-state index is -0.403. The van der Waals surface area contributed by atoms with Gasteiger partial charge < -0.3 is 5.32 Å². The summed E-state index contributed by atoms with van der Waals surface area (Å²) in [4.78, 5) is 14.1.